The highest BCUT2D eigenvalue weighted by Crippen LogP contribution is 2.32. The van der Waals surface area contributed by atoms with Crippen LogP contribution in [0, 0.1) is 13.8 Å². The molecule has 1 fully saturated rings. The molecule has 166 valence electrons. The molecule has 0 bridgehead atoms. The maximum Gasteiger partial charge on any atom is 0.257 e. The molecule has 1 aliphatic rings. The summed E-state index contributed by atoms with van der Waals surface area (Å²) in [7, 11) is 1.63. The van der Waals surface area contributed by atoms with Crippen molar-refractivity contribution in [1.29, 1.82) is 0 Å². The average molecular weight is 432 g/mol. The molecule has 31 heavy (non-hydrogen) atoms. The highest BCUT2D eigenvalue weighted by atomic mass is 19.3. The van der Waals surface area contributed by atoms with Gasteiger partial charge in [-0.3, -0.25) is 4.90 Å². The van der Waals surface area contributed by atoms with E-state index in [2.05, 4.69) is 15.0 Å². The van der Waals surface area contributed by atoms with E-state index in [4.69, 9.17) is 14.6 Å². The van der Waals surface area contributed by atoms with Crippen LogP contribution in [0.25, 0.3) is 5.69 Å². The van der Waals surface area contributed by atoms with Crippen molar-refractivity contribution in [2.24, 2.45) is 0 Å². The molecule has 0 saturated carbocycles. The predicted molar refractivity (Wildman–Crippen MR) is 110 cm³/mol. The lowest BCUT2D eigenvalue weighted by molar-refractivity contribution is -0.0152. The van der Waals surface area contributed by atoms with E-state index in [0.29, 0.717) is 32.1 Å². The van der Waals surface area contributed by atoms with E-state index in [1.54, 1.807) is 7.11 Å². The summed E-state index contributed by atoms with van der Waals surface area (Å²) in [5.41, 5.74) is 3.88. The summed E-state index contributed by atoms with van der Waals surface area (Å²) in [5, 5.41) is 8.72. The molecule has 4 rings (SSSR count). The third-order valence-corrected chi connectivity index (χ3v) is 5.57. The Bertz CT molecular complexity index is 1030. The van der Waals surface area contributed by atoms with Gasteiger partial charge in [0, 0.05) is 23.9 Å². The van der Waals surface area contributed by atoms with Crippen LogP contribution < -0.4 is 4.74 Å². The molecule has 0 N–H and O–H groups in total. The average Bonchev–Trinajstić information content (AvgIpc) is 3.31. The van der Waals surface area contributed by atoms with Gasteiger partial charge >= 0.3 is 0 Å². The first kappa shape index (κ1) is 21.4. The van der Waals surface area contributed by atoms with Crippen molar-refractivity contribution in [2.45, 2.75) is 39.4 Å². The fraction of sp³-hybridized carbons (Fsp3) is 0.476. The Morgan fingerprint density at radius 1 is 1.29 bits per heavy atom. The van der Waals surface area contributed by atoms with Gasteiger partial charge in [-0.15, -0.1) is 0 Å². The SMILES string of the molecule is COc1cccc(-n2nc(C)c(C3COCCN3Cc3ncnn3CC(F)F)c2C)c1. The normalized spacial score (nSPS) is 17.4. The zero-order valence-electron chi connectivity index (χ0n) is 17.8. The van der Waals surface area contributed by atoms with Crippen LogP contribution in [-0.2, 0) is 17.8 Å². The molecular formula is C21H26F2N6O2. The van der Waals surface area contributed by atoms with Crippen molar-refractivity contribution in [2.75, 3.05) is 26.9 Å². The van der Waals surface area contributed by atoms with Gasteiger partial charge in [-0.25, -0.2) is 23.1 Å². The Morgan fingerprint density at radius 3 is 2.90 bits per heavy atom. The van der Waals surface area contributed by atoms with Gasteiger partial charge in [0.25, 0.3) is 6.43 Å². The van der Waals surface area contributed by atoms with Gasteiger partial charge < -0.3 is 9.47 Å². The van der Waals surface area contributed by atoms with Crippen molar-refractivity contribution >= 4 is 0 Å². The number of morpholine rings is 1. The molecule has 3 aromatic rings. The van der Waals surface area contributed by atoms with Gasteiger partial charge in [-0.05, 0) is 26.0 Å². The van der Waals surface area contributed by atoms with Crippen LogP contribution in [0.1, 0.15) is 28.8 Å². The molecule has 2 aromatic heterocycles. The minimum atomic E-state index is -2.48. The minimum absolute atomic E-state index is 0.0650. The molecule has 1 saturated heterocycles. The van der Waals surface area contributed by atoms with Gasteiger partial charge in [-0.2, -0.15) is 10.2 Å². The second kappa shape index (κ2) is 9.11. The van der Waals surface area contributed by atoms with E-state index >= 15 is 0 Å². The zero-order chi connectivity index (χ0) is 22.0. The van der Waals surface area contributed by atoms with E-state index in [1.807, 2.05) is 42.8 Å². The number of halogens is 2. The van der Waals surface area contributed by atoms with Gasteiger partial charge in [0.1, 0.15) is 24.4 Å². The number of aryl methyl sites for hydroxylation is 1. The van der Waals surface area contributed by atoms with Gasteiger partial charge in [0.05, 0.1) is 44.3 Å². The van der Waals surface area contributed by atoms with Gasteiger partial charge in [0.15, 0.2) is 0 Å². The van der Waals surface area contributed by atoms with Crippen LogP contribution in [0.4, 0.5) is 8.78 Å². The van der Waals surface area contributed by atoms with E-state index in [1.165, 1.54) is 11.0 Å². The molecule has 0 radical (unpaired) electrons. The maximum atomic E-state index is 12.9. The first-order valence-corrected chi connectivity index (χ1v) is 10.1. The summed E-state index contributed by atoms with van der Waals surface area (Å²) >= 11 is 0. The molecule has 0 aliphatic carbocycles. The van der Waals surface area contributed by atoms with Crippen LogP contribution in [0.2, 0.25) is 0 Å². The van der Waals surface area contributed by atoms with Crippen LogP contribution >= 0.6 is 0 Å². The van der Waals surface area contributed by atoms with Crippen LogP contribution in [0.5, 0.6) is 5.75 Å². The Kier molecular flexibility index (Phi) is 6.28. The number of hydrogen-bond acceptors (Lipinski definition) is 6. The summed E-state index contributed by atoms with van der Waals surface area (Å²) in [6.07, 6.45) is -1.16. The van der Waals surface area contributed by atoms with Crippen molar-refractivity contribution < 1.29 is 18.3 Å². The fourth-order valence-electron chi connectivity index (χ4n) is 4.10. The Balaban J connectivity index is 1.64. The number of rotatable bonds is 7. The smallest absolute Gasteiger partial charge is 0.257 e. The molecule has 1 unspecified atom stereocenters. The number of nitrogens with zero attached hydrogens (tertiary/aromatic N) is 6. The third kappa shape index (κ3) is 4.45. The number of methoxy groups -OCH3 is 1. The number of alkyl halides is 2. The van der Waals surface area contributed by atoms with Crippen molar-refractivity contribution in [3.63, 3.8) is 0 Å². The Labute approximate surface area is 179 Å². The predicted octanol–water partition coefficient (Wildman–Crippen LogP) is 2.93. The summed E-state index contributed by atoms with van der Waals surface area (Å²) in [6.45, 7) is 5.68. The van der Waals surface area contributed by atoms with Gasteiger partial charge in [0.2, 0.25) is 0 Å². The molecular weight excluding hydrogens is 406 g/mol. The van der Waals surface area contributed by atoms with E-state index in [9.17, 15) is 8.78 Å². The molecule has 1 aliphatic heterocycles. The van der Waals surface area contributed by atoms with Crippen LogP contribution in [0.3, 0.4) is 0 Å². The summed E-state index contributed by atoms with van der Waals surface area (Å²) in [6, 6.07) is 7.67. The van der Waals surface area contributed by atoms with Crippen LogP contribution in [-0.4, -0.2) is 62.7 Å². The number of aromatic nitrogens is 5. The molecule has 3 heterocycles. The summed E-state index contributed by atoms with van der Waals surface area (Å²) in [4.78, 5) is 6.41. The third-order valence-electron chi connectivity index (χ3n) is 5.57. The van der Waals surface area contributed by atoms with E-state index < -0.39 is 13.0 Å². The highest BCUT2D eigenvalue weighted by Gasteiger charge is 2.31. The topological polar surface area (TPSA) is 70.2 Å². The van der Waals surface area contributed by atoms with Crippen LogP contribution in [0.15, 0.2) is 30.6 Å². The first-order valence-electron chi connectivity index (χ1n) is 10.1. The molecule has 0 amide bonds. The van der Waals surface area contributed by atoms with Crippen molar-refractivity contribution in [3.05, 3.63) is 53.4 Å². The van der Waals surface area contributed by atoms with Crippen molar-refractivity contribution in [3.8, 4) is 11.4 Å². The molecule has 0 spiro atoms. The first-order chi connectivity index (χ1) is 15.0. The van der Waals surface area contributed by atoms with Crippen molar-refractivity contribution in [1.82, 2.24) is 29.4 Å². The fourth-order valence-corrected chi connectivity index (χ4v) is 4.10. The second-order valence-corrected chi connectivity index (χ2v) is 7.51. The standard InChI is InChI=1S/C21H26F2N6O2/c1-14-21(15(2)29(26-14)16-5-4-6-17(9-16)30-3)18-12-31-8-7-27(18)11-20-24-13-25-28(20)10-19(22)23/h4-6,9,13,18-19H,7-8,10-12H2,1-3H3. The lowest BCUT2D eigenvalue weighted by Gasteiger charge is -2.35. The number of ether oxygens (including phenoxy) is 2. The Morgan fingerprint density at radius 2 is 2.13 bits per heavy atom. The minimum Gasteiger partial charge on any atom is -0.497 e. The number of hydrogen-bond donors (Lipinski definition) is 0. The Hall–Kier alpha value is -2.85. The second-order valence-electron chi connectivity index (χ2n) is 7.51. The van der Waals surface area contributed by atoms with E-state index in [0.717, 1.165) is 28.4 Å². The molecule has 10 heteroatoms. The monoisotopic (exact) mass is 432 g/mol. The lowest BCUT2D eigenvalue weighted by atomic mass is 10.0. The lowest BCUT2D eigenvalue weighted by Crippen LogP contribution is -2.40. The number of benzene rings is 1. The van der Waals surface area contributed by atoms with Gasteiger partial charge in [-0.1, -0.05) is 6.07 Å². The molecule has 1 atom stereocenters. The largest absolute Gasteiger partial charge is 0.497 e. The highest BCUT2D eigenvalue weighted by molar-refractivity contribution is 5.42. The zero-order valence-corrected chi connectivity index (χ0v) is 17.8. The summed E-state index contributed by atoms with van der Waals surface area (Å²) < 4.78 is 40.1. The van der Waals surface area contributed by atoms with E-state index in [-0.39, 0.29) is 6.04 Å². The maximum absolute atomic E-state index is 12.9. The quantitative estimate of drug-likeness (QED) is 0.572. The molecule has 8 nitrogen and oxygen atoms in total. The molecule has 1 aromatic carbocycles. The summed E-state index contributed by atoms with van der Waals surface area (Å²) in [5.74, 6) is 1.27.